The van der Waals surface area contributed by atoms with Gasteiger partial charge in [-0.2, -0.15) is 0 Å². The van der Waals surface area contributed by atoms with E-state index in [9.17, 15) is 9.90 Å². The summed E-state index contributed by atoms with van der Waals surface area (Å²) in [6.07, 6.45) is 0.776. The van der Waals surface area contributed by atoms with E-state index in [2.05, 4.69) is 42.2 Å². The molecule has 4 heteroatoms. The van der Waals surface area contributed by atoms with Crippen molar-refractivity contribution >= 4 is 5.97 Å². The number of carbonyl (C=O) groups is 1. The Labute approximate surface area is 149 Å². The summed E-state index contributed by atoms with van der Waals surface area (Å²) >= 11 is 0. The smallest absolute Gasteiger partial charge is 0.307 e. The second kappa shape index (κ2) is 7.70. The van der Waals surface area contributed by atoms with E-state index in [-0.39, 0.29) is 5.92 Å². The molecule has 25 heavy (non-hydrogen) atoms. The molecule has 2 atom stereocenters. The molecule has 1 N–H and O–H groups in total. The van der Waals surface area contributed by atoms with Gasteiger partial charge in [-0.05, 0) is 29.5 Å². The lowest BCUT2D eigenvalue weighted by Crippen LogP contribution is -2.41. The quantitative estimate of drug-likeness (QED) is 0.897. The molecule has 1 heterocycles. The van der Waals surface area contributed by atoms with Crippen LogP contribution in [-0.2, 0) is 11.3 Å². The lowest BCUT2D eigenvalue weighted by atomic mass is 9.90. The van der Waals surface area contributed by atoms with E-state index in [1.807, 2.05) is 18.2 Å². The molecule has 2 unspecified atom stereocenters. The number of methoxy groups -OCH3 is 1. The van der Waals surface area contributed by atoms with Crippen molar-refractivity contribution < 1.29 is 14.6 Å². The van der Waals surface area contributed by atoms with Gasteiger partial charge in [0.1, 0.15) is 5.75 Å². The second-order valence-electron chi connectivity index (χ2n) is 6.97. The summed E-state index contributed by atoms with van der Waals surface area (Å²) in [4.78, 5) is 13.6. The van der Waals surface area contributed by atoms with Gasteiger partial charge in [-0.25, -0.2) is 0 Å². The molecule has 0 amide bonds. The van der Waals surface area contributed by atoms with Gasteiger partial charge in [-0.15, -0.1) is 0 Å². The highest BCUT2D eigenvalue weighted by molar-refractivity contribution is 5.71. The van der Waals surface area contributed by atoms with Gasteiger partial charge < -0.3 is 9.84 Å². The van der Waals surface area contributed by atoms with Crippen LogP contribution in [0.4, 0.5) is 0 Å². The Morgan fingerprint density at radius 2 is 1.88 bits per heavy atom. The van der Waals surface area contributed by atoms with Gasteiger partial charge in [0.2, 0.25) is 0 Å². The van der Waals surface area contributed by atoms with Crippen molar-refractivity contribution in [1.29, 1.82) is 0 Å². The van der Waals surface area contributed by atoms with Crippen LogP contribution >= 0.6 is 0 Å². The number of likely N-dealkylation sites (tertiary alicyclic amines) is 1. The maximum atomic E-state index is 11.3. The summed E-state index contributed by atoms with van der Waals surface area (Å²) in [5.41, 5.74) is 3.41. The summed E-state index contributed by atoms with van der Waals surface area (Å²) in [6, 6.07) is 16.4. The fourth-order valence-corrected chi connectivity index (χ4v) is 3.70. The van der Waals surface area contributed by atoms with Crippen LogP contribution in [0.15, 0.2) is 48.5 Å². The minimum atomic E-state index is -0.678. The van der Waals surface area contributed by atoms with Crippen LogP contribution in [0.2, 0.25) is 0 Å². The number of aliphatic carboxylic acids is 1. The van der Waals surface area contributed by atoms with Crippen molar-refractivity contribution in [3.8, 4) is 16.9 Å². The van der Waals surface area contributed by atoms with Crippen LogP contribution in [0.25, 0.3) is 11.1 Å². The number of nitrogens with zero attached hydrogens (tertiary/aromatic N) is 1. The third-order valence-corrected chi connectivity index (χ3v) is 4.86. The first-order valence-corrected chi connectivity index (χ1v) is 8.74. The normalized spacial score (nSPS) is 21.0. The van der Waals surface area contributed by atoms with Gasteiger partial charge in [0, 0.05) is 25.2 Å². The Hall–Kier alpha value is -2.33. The summed E-state index contributed by atoms with van der Waals surface area (Å²) < 4.78 is 5.43. The molecule has 2 aromatic carbocycles. The molecular formula is C21H25NO3. The Morgan fingerprint density at radius 3 is 2.56 bits per heavy atom. The molecule has 0 bridgehead atoms. The van der Waals surface area contributed by atoms with Crippen molar-refractivity contribution in [1.82, 2.24) is 4.90 Å². The average molecular weight is 339 g/mol. The molecular weight excluding hydrogens is 314 g/mol. The molecule has 1 saturated heterocycles. The summed E-state index contributed by atoms with van der Waals surface area (Å²) in [5.74, 6) is 0.354. The van der Waals surface area contributed by atoms with E-state index in [4.69, 9.17) is 4.74 Å². The molecule has 4 nitrogen and oxygen atoms in total. The van der Waals surface area contributed by atoms with Crippen molar-refractivity contribution in [3.63, 3.8) is 0 Å². The van der Waals surface area contributed by atoms with Crippen molar-refractivity contribution in [2.24, 2.45) is 11.8 Å². The maximum absolute atomic E-state index is 11.3. The SMILES string of the molecule is COc1ccccc1-c1ccc(CN2CC(C)CC(C(=O)O)C2)cc1. The largest absolute Gasteiger partial charge is 0.496 e. The number of ether oxygens (including phenoxy) is 1. The Morgan fingerprint density at radius 1 is 1.16 bits per heavy atom. The summed E-state index contributed by atoms with van der Waals surface area (Å²) in [7, 11) is 1.68. The first-order chi connectivity index (χ1) is 12.1. The third-order valence-electron chi connectivity index (χ3n) is 4.86. The predicted octanol–water partition coefficient (Wildman–Crippen LogP) is 3.90. The molecule has 132 valence electrons. The van der Waals surface area contributed by atoms with Gasteiger partial charge in [-0.3, -0.25) is 9.69 Å². The number of hydrogen-bond acceptors (Lipinski definition) is 3. The van der Waals surface area contributed by atoms with E-state index in [1.165, 1.54) is 5.56 Å². The van der Waals surface area contributed by atoms with Crippen LogP contribution < -0.4 is 4.74 Å². The minimum absolute atomic E-state index is 0.253. The topological polar surface area (TPSA) is 49.8 Å². The fraction of sp³-hybridized carbons (Fsp3) is 0.381. The molecule has 0 spiro atoms. The first kappa shape index (κ1) is 17.5. The number of piperidine rings is 1. The predicted molar refractivity (Wildman–Crippen MR) is 98.6 cm³/mol. The van der Waals surface area contributed by atoms with Crippen molar-refractivity contribution in [2.45, 2.75) is 19.9 Å². The zero-order chi connectivity index (χ0) is 17.8. The zero-order valence-corrected chi connectivity index (χ0v) is 14.8. The van der Waals surface area contributed by atoms with E-state index >= 15 is 0 Å². The number of benzene rings is 2. The number of hydrogen-bond donors (Lipinski definition) is 1. The van der Waals surface area contributed by atoms with Crippen LogP contribution in [0, 0.1) is 11.8 Å². The Bertz CT molecular complexity index is 726. The van der Waals surface area contributed by atoms with Gasteiger partial charge in [0.25, 0.3) is 0 Å². The highest BCUT2D eigenvalue weighted by atomic mass is 16.5. The Balaban J connectivity index is 1.71. The third kappa shape index (κ3) is 4.20. The lowest BCUT2D eigenvalue weighted by molar-refractivity contribution is -0.144. The number of carboxylic acid groups (broad SMARTS) is 1. The van der Waals surface area contributed by atoms with Gasteiger partial charge in [-0.1, -0.05) is 49.4 Å². The van der Waals surface area contributed by atoms with E-state index in [0.717, 1.165) is 36.4 Å². The van der Waals surface area contributed by atoms with E-state index < -0.39 is 5.97 Å². The molecule has 0 saturated carbocycles. The van der Waals surface area contributed by atoms with E-state index in [0.29, 0.717) is 12.5 Å². The molecule has 0 radical (unpaired) electrons. The van der Waals surface area contributed by atoms with Gasteiger partial charge >= 0.3 is 5.97 Å². The van der Waals surface area contributed by atoms with Gasteiger partial charge in [0.15, 0.2) is 0 Å². The zero-order valence-electron chi connectivity index (χ0n) is 14.8. The number of carboxylic acids is 1. The van der Waals surface area contributed by atoms with Gasteiger partial charge in [0.05, 0.1) is 13.0 Å². The number of para-hydroxylation sites is 1. The fourth-order valence-electron chi connectivity index (χ4n) is 3.70. The van der Waals surface area contributed by atoms with Crippen molar-refractivity contribution in [3.05, 3.63) is 54.1 Å². The lowest BCUT2D eigenvalue weighted by Gasteiger charge is -2.34. The summed E-state index contributed by atoms with van der Waals surface area (Å²) in [6.45, 7) is 4.51. The highest BCUT2D eigenvalue weighted by Crippen LogP contribution is 2.30. The van der Waals surface area contributed by atoms with Crippen LogP contribution in [0.3, 0.4) is 0 Å². The highest BCUT2D eigenvalue weighted by Gasteiger charge is 2.29. The monoisotopic (exact) mass is 339 g/mol. The molecule has 1 fully saturated rings. The molecule has 1 aliphatic heterocycles. The number of rotatable bonds is 5. The molecule has 0 aliphatic carbocycles. The molecule has 1 aliphatic rings. The Kier molecular flexibility index (Phi) is 5.39. The summed E-state index contributed by atoms with van der Waals surface area (Å²) in [5, 5.41) is 9.31. The van der Waals surface area contributed by atoms with Crippen molar-refractivity contribution in [2.75, 3.05) is 20.2 Å². The van der Waals surface area contributed by atoms with E-state index in [1.54, 1.807) is 7.11 Å². The van der Waals surface area contributed by atoms with Crippen LogP contribution in [0.1, 0.15) is 18.9 Å². The molecule has 0 aromatic heterocycles. The molecule has 3 rings (SSSR count). The minimum Gasteiger partial charge on any atom is -0.496 e. The first-order valence-electron chi connectivity index (χ1n) is 8.74. The second-order valence-corrected chi connectivity index (χ2v) is 6.97. The van der Waals surface area contributed by atoms with Crippen LogP contribution in [-0.4, -0.2) is 36.2 Å². The average Bonchev–Trinajstić information content (AvgIpc) is 2.62. The van der Waals surface area contributed by atoms with Crippen LogP contribution in [0.5, 0.6) is 5.75 Å². The standard InChI is InChI=1S/C21H25NO3/c1-15-11-18(21(23)24)14-22(12-15)13-16-7-9-17(10-8-16)19-5-3-4-6-20(19)25-2/h3-10,15,18H,11-14H2,1-2H3,(H,23,24). The maximum Gasteiger partial charge on any atom is 0.307 e. The molecule has 2 aromatic rings.